The van der Waals surface area contributed by atoms with E-state index in [1.807, 2.05) is 0 Å². The van der Waals surface area contributed by atoms with Crippen LogP contribution < -0.4 is 15.4 Å². The number of anilines is 2. The fraction of sp³-hybridized carbons (Fsp3) is 0.120. The number of carbonyl (C=O) groups excluding carboxylic acids is 4. The number of benzene rings is 3. The fourth-order valence-corrected chi connectivity index (χ4v) is 2.95. The minimum absolute atomic E-state index is 0.0633. The Morgan fingerprint density at radius 3 is 1.50 bits per heavy atom. The van der Waals surface area contributed by atoms with Crippen molar-refractivity contribution in [3.63, 3.8) is 0 Å². The van der Waals surface area contributed by atoms with Crippen LogP contribution >= 0.6 is 0 Å². The summed E-state index contributed by atoms with van der Waals surface area (Å²) in [6.07, 6.45) is 0.339. The first-order chi connectivity index (χ1) is 15.3. The van der Waals surface area contributed by atoms with Gasteiger partial charge in [-0.1, -0.05) is 12.1 Å². The van der Waals surface area contributed by atoms with Gasteiger partial charge in [-0.3, -0.25) is 19.2 Å². The Balaban J connectivity index is 1.57. The quantitative estimate of drug-likeness (QED) is 0.431. The third-order valence-electron chi connectivity index (χ3n) is 4.45. The zero-order valence-electron chi connectivity index (χ0n) is 17.7. The molecule has 7 heteroatoms. The molecule has 0 spiro atoms. The number of nitrogens with one attached hydrogen (secondary N) is 2. The molecule has 2 N–H and O–H groups in total. The van der Waals surface area contributed by atoms with E-state index >= 15 is 0 Å². The van der Waals surface area contributed by atoms with E-state index in [4.69, 9.17) is 4.74 Å². The Bertz CT molecular complexity index is 1040. The highest BCUT2D eigenvalue weighted by Crippen LogP contribution is 2.17. The molecule has 0 radical (unpaired) electrons. The van der Waals surface area contributed by atoms with Crippen LogP contribution in [-0.4, -0.2) is 23.6 Å². The van der Waals surface area contributed by atoms with Gasteiger partial charge in [0.05, 0.1) is 0 Å². The summed E-state index contributed by atoms with van der Waals surface area (Å²) in [6.45, 7) is 2.83. The van der Waals surface area contributed by atoms with Gasteiger partial charge in [-0.25, -0.2) is 0 Å². The Hall–Kier alpha value is -4.26. The molecule has 0 atom stereocenters. The second-order valence-electron chi connectivity index (χ2n) is 7.18. The number of ketones is 1. The van der Waals surface area contributed by atoms with Crippen molar-refractivity contribution in [2.24, 2.45) is 0 Å². The van der Waals surface area contributed by atoms with Gasteiger partial charge in [0.1, 0.15) is 11.5 Å². The lowest BCUT2D eigenvalue weighted by Gasteiger charge is -2.09. The van der Waals surface area contributed by atoms with E-state index in [-0.39, 0.29) is 17.6 Å². The SMILES string of the molecule is CC(=O)Cc1ccc(C(=O)Nc2ccc(NC(=O)c3ccc(OC(C)=O)cc3)cc2)cc1. The van der Waals surface area contributed by atoms with E-state index < -0.39 is 5.97 Å². The molecule has 0 aliphatic rings. The van der Waals surface area contributed by atoms with Gasteiger partial charge in [0.25, 0.3) is 11.8 Å². The van der Waals surface area contributed by atoms with Crippen LogP contribution in [0.4, 0.5) is 11.4 Å². The van der Waals surface area contributed by atoms with Gasteiger partial charge in [0, 0.05) is 35.8 Å². The average Bonchev–Trinajstić information content (AvgIpc) is 2.75. The number of rotatable bonds is 7. The number of ether oxygens (including phenoxy) is 1. The first-order valence-corrected chi connectivity index (χ1v) is 9.90. The van der Waals surface area contributed by atoms with Crippen LogP contribution in [0.25, 0.3) is 0 Å². The van der Waals surface area contributed by atoms with Crippen LogP contribution in [0, 0.1) is 0 Å². The maximum atomic E-state index is 12.4. The van der Waals surface area contributed by atoms with Crippen molar-refractivity contribution >= 4 is 34.9 Å². The monoisotopic (exact) mass is 430 g/mol. The molecule has 0 bridgehead atoms. The molecule has 0 saturated heterocycles. The smallest absolute Gasteiger partial charge is 0.308 e. The zero-order chi connectivity index (χ0) is 23.1. The molecule has 0 aliphatic heterocycles. The van der Waals surface area contributed by atoms with Gasteiger partial charge in [-0.2, -0.15) is 0 Å². The highest BCUT2D eigenvalue weighted by molar-refractivity contribution is 6.05. The van der Waals surface area contributed by atoms with E-state index in [9.17, 15) is 19.2 Å². The summed E-state index contributed by atoms with van der Waals surface area (Å²) in [6, 6.07) is 19.8. The van der Waals surface area contributed by atoms with Crippen molar-refractivity contribution in [1.29, 1.82) is 0 Å². The normalized spacial score (nSPS) is 10.2. The highest BCUT2D eigenvalue weighted by atomic mass is 16.5. The molecule has 3 aromatic rings. The number of amides is 2. The molecule has 0 heterocycles. The molecule has 3 rings (SSSR count). The molecular formula is C25H22N2O5. The molecule has 3 aromatic carbocycles. The Morgan fingerprint density at radius 2 is 1.09 bits per heavy atom. The number of hydrogen-bond acceptors (Lipinski definition) is 5. The maximum absolute atomic E-state index is 12.4. The van der Waals surface area contributed by atoms with Gasteiger partial charge < -0.3 is 15.4 Å². The zero-order valence-corrected chi connectivity index (χ0v) is 17.7. The van der Waals surface area contributed by atoms with Gasteiger partial charge in [-0.15, -0.1) is 0 Å². The lowest BCUT2D eigenvalue weighted by Crippen LogP contribution is -2.13. The van der Waals surface area contributed by atoms with Gasteiger partial charge >= 0.3 is 5.97 Å². The molecule has 2 amide bonds. The predicted molar refractivity (Wildman–Crippen MR) is 121 cm³/mol. The molecule has 7 nitrogen and oxygen atoms in total. The molecule has 0 unspecified atom stereocenters. The number of esters is 1. The van der Waals surface area contributed by atoms with Gasteiger partial charge in [-0.05, 0) is 73.2 Å². The van der Waals surface area contributed by atoms with Crippen LogP contribution in [0.15, 0.2) is 72.8 Å². The van der Waals surface area contributed by atoms with E-state index in [1.54, 1.807) is 72.8 Å². The summed E-state index contributed by atoms with van der Waals surface area (Å²) < 4.78 is 4.95. The second-order valence-corrected chi connectivity index (χ2v) is 7.18. The standard InChI is InChI=1S/C25H22N2O5/c1-16(28)15-18-3-5-19(6-4-18)24(30)26-21-9-11-22(12-10-21)27-25(31)20-7-13-23(14-8-20)32-17(2)29/h3-14H,15H2,1-2H3,(H,26,30)(H,27,31). The van der Waals surface area contributed by atoms with Crippen molar-refractivity contribution in [2.75, 3.05) is 10.6 Å². The van der Waals surface area contributed by atoms with E-state index in [1.165, 1.54) is 13.8 Å². The fourth-order valence-electron chi connectivity index (χ4n) is 2.95. The second kappa shape index (κ2) is 10.2. The topological polar surface area (TPSA) is 102 Å². The van der Waals surface area contributed by atoms with Crippen LogP contribution in [0.2, 0.25) is 0 Å². The lowest BCUT2D eigenvalue weighted by atomic mass is 10.1. The summed E-state index contributed by atoms with van der Waals surface area (Å²) in [7, 11) is 0. The lowest BCUT2D eigenvalue weighted by molar-refractivity contribution is -0.131. The van der Waals surface area contributed by atoms with Crippen LogP contribution in [0.1, 0.15) is 40.1 Å². The van der Waals surface area contributed by atoms with Crippen LogP contribution in [0.3, 0.4) is 0 Å². The summed E-state index contributed by atoms with van der Waals surface area (Å²) in [5, 5.41) is 5.56. The molecule has 0 aromatic heterocycles. The summed E-state index contributed by atoms with van der Waals surface area (Å²) in [4.78, 5) is 46.9. The van der Waals surface area contributed by atoms with E-state index in [0.29, 0.717) is 34.7 Å². The van der Waals surface area contributed by atoms with Crippen LogP contribution in [-0.2, 0) is 16.0 Å². The Labute approximate surface area is 185 Å². The molecule has 32 heavy (non-hydrogen) atoms. The average molecular weight is 430 g/mol. The molecule has 0 fully saturated rings. The van der Waals surface area contributed by atoms with E-state index in [2.05, 4.69) is 10.6 Å². The largest absolute Gasteiger partial charge is 0.427 e. The van der Waals surface area contributed by atoms with Gasteiger partial charge in [0.15, 0.2) is 0 Å². The first-order valence-electron chi connectivity index (χ1n) is 9.90. The van der Waals surface area contributed by atoms with E-state index in [0.717, 1.165) is 5.56 Å². The third-order valence-corrected chi connectivity index (χ3v) is 4.45. The molecule has 162 valence electrons. The van der Waals surface area contributed by atoms with Crippen molar-refractivity contribution in [3.8, 4) is 5.75 Å². The Morgan fingerprint density at radius 1 is 0.656 bits per heavy atom. The maximum Gasteiger partial charge on any atom is 0.308 e. The van der Waals surface area contributed by atoms with Crippen molar-refractivity contribution < 1.29 is 23.9 Å². The minimum Gasteiger partial charge on any atom is -0.427 e. The van der Waals surface area contributed by atoms with Crippen molar-refractivity contribution in [3.05, 3.63) is 89.5 Å². The summed E-state index contributed by atoms with van der Waals surface area (Å²) in [5.41, 5.74) is 2.88. The van der Waals surface area contributed by atoms with Crippen molar-refractivity contribution in [2.45, 2.75) is 20.3 Å². The highest BCUT2D eigenvalue weighted by Gasteiger charge is 2.09. The number of Topliss-reactive ketones (excluding diaryl/α,β-unsaturated/α-hetero) is 1. The van der Waals surface area contributed by atoms with Gasteiger partial charge in [0.2, 0.25) is 0 Å². The minimum atomic E-state index is -0.431. The summed E-state index contributed by atoms with van der Waals surface area (Å²) in [5.74, 6) is -0.596. The van der Waals surface area contributed by atoms with Crippen molar-refractivity contribution in [1.82, 2.24) is 0 Å². The molecule has 0 saturated carbocycles. The predicted octanol–water partition coefficient (Wildman–Crippen LogP) is 4.25. The number of carbonyl (C=O) groups is 4. The van der Waals surface area contributed by atoms with Crippen LogP contribution in [0.5, 0.6) is 5.75 Å². The first kappa shape index (κ1) is 22.4. The third kappa shape index (κ3) is 6.37. The summed E-state index contributed by atoms with van der Waals surface area (Å²) >= 11 is 0. The molecular weight excluding hydrogens is 408 g/mol. The number of hydrogen-bond donors (Lipinski definition) is 2. The Kier molecular flexibility index (Phi) is 7.13. The molecule has 0 aliphatic carbocycles.